The van der Waals surface area contributed by atoms with Crippen LogP contribution >= 0.6 is 0 Å². The molecule has 2 rings (SSSR count). The molecule has 2 aromatic rings. The van der Waals surface area contributed by atoms with Crippen LogP contribution < -0.4 is 9.47 Å². The molecule has 0 radical (unpaired) electrons. The third kappa shape index (κ3) is 3.16. The van der Waals surface area contributed by atoms with Gasteiger partial charge in [-0.3, -0.25) is 19.6 Å². The molecule has 0 saturated heterocycles. The van der Waals surface area contributed by atoms with Gasteiger partial charge in [0.2, 0.25) is 0 Å². The van der Waals surface area contributed by atoms with Gasteiger partial charge in [-0.05, 0) is 6.07 Å². The minimum Gasteiger partial charge on any atom is -0.493 e. The molecule has 21 heavy (non-hydrogen) atoms. The minimum atomic E-state index is -0.642. The summed E-state index contributed by atoms with van der Waals surface area (Å²) in [6.45, 7) is 0.134. The van der Waals surface area contributed by atoms with E-state index in [-0.39, 0.29) is 29.4 Å². The highest BCUT2D eigenvalue weighted by Gasteiger charge is 2.19. The van der Waals surface area contributed by atoms with Crippen LogP contribution in [0.25, 0.3) is 0 Å². The third-order valence-corrected chi connectivity index (χ3v) is 2.78. The molecule has 0 saturated carbocycles. The number of nitro groups is 1. The molecule has 0 fully saturated rings. The maximum atomic E-state index is 10.9. The van der Waals surface area contributed by atoms with E-state index in [0.29, 0.717) is 12.0 Å². The maximum Gasteiger partial charge on any atom is 0.283 e. The van der Waals surface area contributed by atoms with Crippen molar-refractivity contribution < 1.29 is 19.2 Å². The van der Waals surface area contributed by atoms with Crippen molar-refractivity contribution in [2.45, 2.75) is 6.61 Å². The molecule has 1 heterocycles. The molecule has 0 spiro atoms. The molecule has 0 atom stereocenters. The molecule has 0 amide bonds. The number of aryl methyl sites for hydroxylation is 1. The number of aldehydes is 1. The number of carbonyl (C=O) groups excluding carboxylic acids is 1. The number of nitrogens with zero attached hydrogens (tertiary/aromatic N) is 3. The van der Waals surface area contributed by atoms with Crippen molar-refractivity contribution in [2.75, 3.05) is 7.11 Å². The van der Waals surface area contributed by atoms with Crippen LogP contribution in [0.4, 0.5) is 5.69 Å². The van der Waals surface area contributed by atoms with Crippen LogP contribution in [0.5, 0.6) is 11.5 Å². The van der Waals surface area contributed by atoms with Gasteiger partial charge in [-0.15, -0.1) is 0 Å². The predicted molar refractivity (Wildman–Crippen MR) is 72.6 cm³/mol. The number of benzene rings is 1. The monoisotopic (exact) mass is 291 g/mol. The molecule has 8 nitrogen and oxygen atoms in total. The number of methoxy groups -OCH3 is 1. The Morgan fingerprint density at radius 3 is 2.71 bits per heavy atom. The van der Waals surface area contributed by atoms with Crippen molar-refractivity contribution in [3.05, 3.63) is 45.8 Å². The van der Waals surface area contributed by atoms with Crippen molar-refractivity contribution in [1.29, 1.82) is 0 Å². The summed E-state index contributed by atoms with van der Waals surface area (Å²) in [5, 5.41) is 15.1. The summed E-state index contributed by atoms with van der Waals surface area (Å²) in [5.41, 5.74) is 0.269. The molecule has 8 heteroatoms. The Morgan fingerprint density at radius 2 is 2.19 bits per heavy atom. The molecule has 0 aliphatic heterocycles. The summed E-state index contributed by atoms with van der Waals surface area (Å²) in [5.74, 6) is 0.430. The molecule has 0 unspecified atom stereocenters. The van der Waals surface area contributed by atoms with E-state index in [4.69, 9.17) is 9.47 Å². The van der Waals surface area contributed by atoms with Gasteiger partial charge >= 0.3 is 0 Å². The van der Waals surface area contributed by atoms with Crippen LogP contribution in [-0.4, -0.2) is 28.1 Å². The Balaban J connectivity index is 2.30. The molecule has 0 bridgehead atoms. The summed E-state index contributed by atoms with van der Waals surface area (Å²) >= 11 is 0. The summed E-state index contributed by atoms with van der Waals surface area (Å²) < 4.78 is 12.2. The molecule has 0 aliphatic carbocycles. The molecule has 0 N–H and O–H groups in total. The van der Waals surface area contributed by atoms with Crippen LogP contribution in [0.2, 0.25) is 0 Å². The Labute approximate surface area is 120 Å². The fourth-order valence-electron chi connectivity index (χ4n) is 1.78. The molecule has 0 aliphatic rings. The van der Waals surface area contributed by atoms with E-state index in [1.807, 2.05) is 0 Å². The first-order chi connectivity index (χ1) is 10.0. The van der Waals surface area contributed by atoms with Gasteiger partial charge in [0.05, 0.1) is 29.4 Å². The average Bonchev–Trinajstić information content (AvgIpc) is 2.89. The first-order valence-electron chi connectivity index (χ1n) is 5.98. The van der Waals surface area contributed by atoms with Crippen molar-refractivity contribution in [2.24, 2.45) is 7.05 Å². The number of carbonyl (C=O) groups is 1. The number of hydrogen-bond donors (Lipinski definition) is 0. The second-order valence-corrected chi connectivity index (χ2v) is 4.21. The number of aromatic nitrogens is 2. The van der Waals surface area contributed by atoms with Gasteiger partial charge in [-0.25, -0.2) is 0 Å². The lowest BCUT2D eigenvalue weighted by Gasteiger charge is -2.10. The van der Waals surface area contributed by atoms with Crippen LogP contribution in [0.3, 0.4) is 0 Å². The molecular weight excluding hydrogens is 278 g/mol. The summed E-state index contributed by atoms with van der Waals surface area (Å²) in [6.07, 6.45) is 2.16. The fourth-order valence-corrected chi connectivity index (χ4v) is 1.78. The topological polar surface area (TPSA) is 96.5 Å². The van der Waals surface area contributed by atoms with Gasteiger partial charge in [0, 0.05) is 19.3 Å². The molecule has 1 aromatic heterocycles. The number of nitro benzene ring substituents is 1. The SMILES string of the molecule is COc1cc(C=O)c([N+](=O)[O-])cc1OCc1ccn(C)n1. The summed E-state index contributed by atoms with van der Waals surface area (Å²) in [4.78, 5) is 21.2. The number of rotatable bonds is 6. The lowest BCUT2D eigenvalue weighted by atomic mass is 10.1. The Bertz CT molecular complexity index is 680. The summed E-state index contributed by atoms with van der Waals surface area (Å²) in [7, 11) is 3.16. The van der Waals surface area contributed by atoms with Crippen LogP contribution in [0.1, 0.15) is 16.1 Å². The van der Waals surface area contributed by atoms with Crippen molar-refractivity contribution in [3.8, 4) is 11.5 Å². The molecule has 110 valence electrons. The van der Waals surface area contributed by atoms with E-state index in [2.05, 4.69) is 5.10 Å². The number of ether oxygens (including phenoxy) is 2. The smallest absolute Gasteiger partial charge is 0.283 e. The van der Waals surface area contributed by atoms with Gasteiger partial charge in [-0.1, -0.05) is 0 Å². The highest BCUT2D eigenvalue weighted by molar-refractivity contribution is 5.83. The second kappa shape index (κ2) is 6.04. The first kappa shape index (κ1) is 14.5. The average molecular weight is 291 g/mol. The first-order valence-corrected chi connectivity index (χ1v) is 5.98. The minimum absolute atomic E-state index is 0.0676. The third-order valence-electron chi connectivity index (χ3n) is 2.78. The van der Waals surface area contributed by atoms with Gasteiger partial charge in [0.15, 0.2) is 17.8 Å². The van der Waals surface area contributed by atoms with Crippen molar-refractivity contribution in [3.63, 3.8) is 0 Å². The maximum absolute atomic E-state index is 10.9. The Morgan fingerprint density at radius 1 is 1.43 bits per heavy atom. The second-order valence-electron chi connectivity index (χ2n) is 4.21. The highest BCUT2D eigenvalue weighted by atomic mass is 16.6. The van der Waals surface area contributed by atoms with E-state index in [9.17, 15) is 14.9 Å². The quantitative estimate of drug-likeness (QED) is 0.457. The van der Waals surface area contributed by atoms with E-state index >= 15 is 0 Å². The predicted octanol–water partition coefficient (Wildman–Crippen LogP) is 1.73. The molecular formula is C13H13N3O5. The van der Waals surface area contributed by atoms with E-state index in [1.54, 1.807) is 24.0 Å². The lowest BCUT2D eigenvalue weighted by molar-refractivity contribution is -0.385. The fraction of sp³-hybridized carbons (Fsp3) is 0.231. The van der Waals surface area contributed by atoms with Crippen LogP contribution in [-0.2, 0) is 13.7 Å². The van der Waals surface area contributed by atoms with Crippen LogP contribution in [0.15, 0.2) is 24.4 Å². The summed E-state index contributed by atoms with van der Waals surface area (Å²) in [6, 6.07) is 4.21. The zero-order valence-corrected chi connectivity index (χ0v) is 11.5. The van der Waals surface area contributed by atoms with Crippen molar-refractivity contribution in [1.82, 2.24) is 9.78 Å². The van der Waals surface area contributed by atoms with Crippen LogP contribution in [0, 0.1) is 10.1 Å². The Kier molecular flexibility index (Phi) is 4.17. The van der Waals surface area contributed by atoms with E-state index in [0.717, 1.165) is 0 Å². The largest absolute Gasteiger partial charge is 0.493 e. The van der Waals surface area contributed by atoms with Gasteiger partial charge in [0.25, 0.3) is 5.69 Å². The zero-order chi connectivity index (χ0) is 15.4. The van der Waals surface area contributed by atoms with E-state index in [1.165, 1.54) is 19.2 Å². The lowest BCUT2D eigenvalue weighted by Crippen LogP contribution is -2.02. The molecule has 1 aromatic carbocycles. The van der Waals surface area contributed by atoms with E-state index < -0.39 is 4.92 Å². The Hall–Kier alpha value is -2.90. The van der Waals surface area contributed by atoms with Gasteiger partial charge < -0.3 is 9.47 Å². The van der Waals surface area contributed by atoms with Crippen molar-refractivity contribution >= 4 is 12.0 Å². The standard InChI is InChI=1S/C13H13N3O5/c1-15-4-3-10(14-15)8-21-13-6-11(16(18)19)9(7-17)5-12(13)20-2/h3-7H,8H2,1-2H3. The van der Waals surface area contributed by atoms with Gasteiger partial charge in [0.1, 0.15) is 6.61 Å². The zero-order valence-electron chi connectivity index (χ0n) is 11.5. The normalized spacial score (nSPS) is 10.2. The highest BCUT2D eigenvalue weighted by Crippen LogP contribution is 2.34. The van der Waals surface area contributed by atoms with Gasteiger partial charge in [-0.2, -0.15) is 5.10 Å². The number of hydrogen-bond acceptors (Lipinski definition) is 6.